The first-order valence-corrected chi connectivity index (χ1v) is 14.8. The van der Waals surface area contributed by atoms with Crippen LogP contribution in [0.15, 0.2) is 42.0 Å². The van der Waals surface area contributed by atoms with Gasteiger partial charge in [0.15, 0.2) is 6.29 Å². The molecule has 3 aliphatic rings. The second-order valence-corrected chi connectivity index (χ2v) is 10.9. The summed E-state index contributed by atoms with van der Waals surface area (Å²) in [6.07, 6.45) is -6.14. The van der Waals surface area contributed by atoms with Gasteiger partial charge in [0.25, 0.3) is 0 Å². The number of esters is 1. The molecule has 46 heavy (non-hydrogen) atoms. The average Bonchev–Trinajstić information content (AvgIpc) is 3.53. The summed E-state index contributed by atoms with van der Waals surface area (Å²) >= 11 is 0. The number of ether oxygens (including phenoxy) is 5. The average molecular weight is 653 g/mol. The van der Waals surface area contributed by atoms with Crippen molar-refractivity contribution < 1.29 is 68.7 Å². The van der Waals surface area contributed by atoms with E-state index in [1.807, 2.05) is 0 Å². The molecule has 0 spiro atoms. The van der Waals surface area contributed by atoms with E-state index in [1.54, 1.807) is 24.3 Å². The van der Waals surface area contributed by atoms with Crippen molar-refractivity contribution in [2.75, 3.05) is 33.2 Å². The van der Waals surface area contributed by atoms with Crippen LogP contribution < -0.4 is 10.6 Å². The van der Waals surface area contributed by atoms with E-state index >= 15 is 0 Å². The van der Waals surface area contributed by atoms with Gasteiger partial charge in [0, 0.05) is 18.5 Å². The quantitative estimate of drug-likeness (QED) is 0.0997. The highest BCUT2D eigenvalue weighted by Gasteiger charge is 2.44. The number of aliphatic hydroxyl groups is 6. The van der Waals surface area contributed by atoms with E-state index in [0.29, 0.717) is 5.56 Å². The Kier molecular flexibility index (Phi) is 12.8. The normalized spacial score (nSPS) is 30.6. The van der Waals surface area contributed by atoms with Gasteiger partial charge in [-0.1, -0.05) is 30.4 Å². The Morgan fingerprint density at radius 3 is 2.57 bits per heavy atom. The Morgan fingerprint density at radius 1 is 1.09 bits per heavy atom. The molecule has 0 radical (unpaired) electrons. The van der Waals surface area contributed by atoms with Crippen molar-refractivity contribution in [3.63, 3.8) is 0 Å². The molecule has 16 nitrogen and oxygen atoms in total. The molecule has 2 heterocycles. The molecule has 1 aromatic carbocycles. The molecule has 1 aromatic rings. The summed E-state index contributed by atoms with van der Waals surface area (Å²) in [5, 5.41) is 63.2. The van der Waals surface area contributed by atoms with Crippen LogP contribution in [0.3, 0.4) is 0 Å². The molecule has 0 bridgehead atoms. The molecule has 1 aliphatic carbocycles. The lowest BCUT2D eigenvalue weighted by atomic mass is 9.91. The Hall–Kier alpha value is -3.29. The number of amides is 2. The van der Waals surface area contributed by atoms with Crippen LogP contribution in [0, 0.1) is 0 Å². The minimum absolute atomic E-state index is 0.0600. The second-order valence-electron chi connectivity index (χ2n) is 10.9. The van der Waals surface area contributed by atoms with Crippen molar-refractivity contribution in [1.82, 2.24) is 10.6 Å². The Balaban J connectivity index is 1.40. The molecule has 254 valence electrons. The minimum Gasteiger partial charge on any atom is -0.456 e. The summed E-state index contributed by atoms with van der Waals surface area (Å²) in [5.74, 6) is -2.08. The summed E-state index contributed by atoms with van der Waals surface area (Å²) in [5.41, 5.74) is 0.782. The smallest absolute Gasteiger partial charge is 0.339 e. The molecule has 2 amide bonds. The number of benzene rings is 1. The van der Waals surface area contributed by atoms with Crippen molar-refractivity contribution in [2.45, 2.75) is 74.5 Å². The molecule has 10 unspecified atom stereocenters. The second kappa shape index (κ2) is 16.5. The fourth-order valence-corrected chi connectivity index (χ4v) is 5.21. The maximum absolute atomic E-state index is 13.4. The molecule has 0 aromatic heterocycles. The predicted molar refractivity (Wildman–Crippen MR) is 155 cm³/mol. The number of nitrogens with one attached hydrogen (secondary N) is 2. The molecule has 4 rings (SSSR count). The van der Waals surface area contributed by atoms with Crippen molar-refractivity contribution in [3.8, 4) is 0 Å². The summed E-state index contributed by atoms with van der Waals surface area (Å²) in [7, 11) is 0. The van der Waals surface area contributed by atoms with Crippen LogP contribution in [0.1, 0.15) is 29.3 Å². The number of rotatable bonds is 13. The zero-order chi connectivity index (χ0) is 33.4. The molecule has 2 fully saturated rings. The molecule has 0 saturated carbocycles. The fourth-order valence-electron chi connectivity index (χ4n) is 5.21. The first-order valence-electron chi connectivity index (χ1n) is 14.8. The molecule has 2 saturated heterocycles. The summed E-state index contributed by atoms with van der Waals surface area (Å²) in [4.78, 5) is 38.9. The molecule has 10 atom stereocenters. The summed E-state index contributed by atoms with van der Waals surface area (Å²) in [6.45, 7) is 0.138. The van der Waals surface area contributed by atoms with Crippen molar-refractivity contribution in [1.29, 1.82) is 0 Å². The molecule has 2 aliphatic heterocycles. The van der Waals surface area contributed by atoms with E-state index in [1.165, 1.54) is 25.1 Å². The first kappa shape index (κ1) is 35.6. The van der Waals surface area contributed by atoms with Crippen LogP contribution in [0.2, 0.25) is 0 Å². The lowest BCUT2D eigenvalue weighted by molar-refractivity contribution is -0.298. The van der Waals surface area contributed by atoms with E-state index in [2.05, 4.69) is 10.6 Å². The van der Waals surface area contributed by atoms with Crippen LogP contribution in [-0.2, 0) is 33.3 Å². The van der Waals surface area contributed by atoms with E-state index in [4.69, 9.17) is 28.8 Å². The Morgan fingerprint density at radius 2 is 1.85 bits per heavy atom. The standard InChI is InChI=1S/C30H40N2O14/c1-15(35)22(28(40)31-8-9-33)32-27(39)17-11-19-26(44-14-43-19)20(12-17)45-29(41)18-7-3-2-5-16(18)6-4-10-42-30-25(38)24(37)23(36)21(13-34)46-30/h2-7,11,15,19-26,30,33-38H,8-10,12-14H2,1H3,(H,31,40)(H,32,39). The van der Waals surface area contributed by atoms with Crippen molar-refractivity contribution in [3.05, 3.63) is 53.1 Å². The summed E-state index contributed by atoms with van der Waals surface area (Å²) in [6, 6.07) is 5.21. The van der Waals surface area contributed by atoms with Gasteiger partial charge in [0.1, 0.15) is 55.6 Å². The zero-order valence-corrected chi connectivity index (χ0v) is 25.0. The van der Waals surface area contributed by atoms with Gasteiger partial charge in [0.05, 0.1) is 31.5 Å². The number of fused-ring (bicyclic) bond motifs is 1. The predicted octanol–water partition coefficient (Wildman–Crippen LogP) is -2.91. The molecular weight excluding hydrogens is 612 g/mol. The van der Waals surface area contributed by atoms with Crippen LogP contribution in [0.5, 0.6) is 0 Å². The SMILES string of the molecule is CC(O)C(NC(=O)C1=CC2OCOC2C(OC(=O)c2ccccc2C=CCOC2OC(CO)C(O)C(O)C2O)C1)C(=O)NCCO. The first-order chi connectivity index (χ1) is 22.0. The van der Waals surface area contributed by atoms with E-state index in [9.17, 15) is 39.9 Å². The largest absolute Gasteiger partial charge is 0.456 e. The van der Waals surface area contributed by atoms with E-state index in [0.717, 1.165) is 0 Å². The van der Waals surface area contributed by atoms with Gasteiger partial charge >= 0.3 is 5.97 Å². The van der Waals surface area contributed by atoms with Crippen LogP contribution in [0.25, 0.3) is 6.08 Å². The Bertz CT molecular complexity index is 1270. The monoisotopic (exact) mass is 652 g/mol. The highest BCUT2D eigenvalue weighted by molar-refractivity contribution is 5.98. The molecule has 16 heteroatoms. The highest BCUT2D eigenvalue weighted by Crippen LogP contribution is 2.31. The van der Waals surface area contributed by atoms with Crippen molar-refractivity contribution in [2.24, 2.45) is 0 Å². The van der Waals surface area contributed by atoms with Crippen LogP contribution in [-0.4, -0.2) is 143 Å². The zero-order valence-electron chi connectivity index (χ0n) is 25.0. The lowest BCUT2D eigenvalue weighted by Gasteiger charge is -2.39. The highest BCUT2D eigenvalue weighted by atomic mass is 16.7. The van der Waals surface area contributed by atoms with Gasteiger partial charge in [-0.15, -0.1) is 0 Å². The molecule has 8 N–H and O–H groups in total. The van der Waals surface area contributed by atoms with Gasteiger partial charge < -0.3 is 65.0 Å². The number of hydrogen-bond acceptors (Lipinski definition) is 14. The third-order valence-electron chi connectivity index (χ3n) is 7.69. The maximum atomic E-state index is 13.4. The van der Waals surface area contributed by atoms with Crippen LogP contribution >= 0.6 is 0 Å². The Labute approximate surface area is 264 Å². The van der Waals surface area contributed by atoms with Gasteiger partial charge in [-0.2, -0.15) is 0 Å². The van der Waals surface area contributed by atoms with Crippen LogP contribution in [0.4, 0.5) is 0 Å². The van der Waals surface area contributed by atoms with Gasteiger partial charge in [0.2, 0.25) is 11.8 Å². The van der Waals surface area contributed by atoms with Gasteiger partial charge in [-0.05, 0) is 24.6 Å². The topological polar surface area (TPSA) is 243 Å². The number of aliphatic hydroxyl groups excluding tert-OH is 6. The van der Waals surface area contributed by atoms with Gasteiger partial charge in [-0.25, -0.2) is 4.79 Å². The minimum atomic E-state index is -1.58. The number of hydrogen-bond donors (Lipinski definition) is 8. The van der Waals surface area contributed by atoms with Gasteiger partial charge in [-0.3, -0.25) is 9.59 Å². The number of carbonyl (C=O) groups excluding carboxylic acids is 3. The van der Waals surface area contributed by atoms with E-state index < -0.39 is 85.6 Å². The third-order valence-corrected chi connectivity index (χ3v) is 7.69. The summed E-state index contributed by atoms with van der Waals surface area (Å²) < 4.78 is 27.8. The van der Waals surface area contributed by atoms with E-state index in [-0.39, 0.29) is 44.1 Å². The third kappa shape index (κ3) is 8.54. The molecular formula is C30H40N2O14. The van der Waals surface area contributed by atoms with Crippen molar-refractivity contribution >= 4 is 23.9 Å². The lowest BCUT2D eigenvalue weighted by Crippen LogP contribution is -2.59. The fraction of sp³-hybridized carbons (Fsp3) is 0.567. The maximum Gasteiger partial charge on any atom is 0.339 e. The number of carbonyl (C=O) groups is 3.